The number of carboxylic acid groups (broad SMARTS) is 1. The predicted molar refractivity (Wildman–Crippen MR) is 74.5 cm³/mol. The Labute approximate surface area is 116 Å². The summed E-state index contributed by atoms with van der Waals surface area (Å²) in [6.07, 6.45) is 1.80. The van der Waals surface area contributed by atoms with Gasteiger partial charge in [-0.15, -0.1) is 0 Å². The van der Waals surface area contributed by atoms with Crippen LogP contribution in [0.3, 0.4) is 0 Å². The molecule has 0 spiro atoms. The Hall–Kier alpha value is -2.56. The zero-order chi connectivity index (χ0) is 14.5. The number of hydrogen-bond acceptors (Lipinski definition) is 2. The van der Waals surface area contributed by atoms with Crippen LogP contribution < -0.4 is 5.32 Å². The van der Waals surface area contributed by atoms with Crippen LogP contribution in [0, 0.1) is 0 Å². The van der Waals surface area contributed by atoms with Crippen molar-refractivity contribution in [3.8, 4) is 0 Å². The Bertz CT molecular complexity index is 605. The summed E-state index contributed by atoms with van der Waals surface area (Å²) in [7, 11) is 0. The molecule has 1 heterocycles. The Kier molecular flexibility index (Phi) is 4.20. The molecule has 104 valence electrons. The summed E-state index contributed by atoms with van der Waals surface area (Å²) < 4.78 is 1.79. The molecule has 1 amide bonds. The Morgan fingerprint density at radius 1 is 1.20 bits per heavy atom. The van der Waals surface area contributed by atoms with Gasteiger partial charge >= 0.3 is 5.97 Å². The van der Waals surface area contributed by atoms with Crippen molar-refractivity contribution >= 4 is 11.9 Å². The van der Waals surface area contributed by atoms with Crippen LogP contribution in [-0.2, 0) is 11.3 Å². The van der Waals surface area contributed by atoms with Gasteiger partial charge in [-0.2, -0.15) is 0 Å². The molecule has 2 rings (SSSR count). The van der Waals surface area contributed by atoms with E-state index in [2.05, 4.69) is 5.32 Å². The maximum Gasteiger partial charge on any atom is 0.325 e. The highest BCUT2D eigenvalue weighted by molar-refractivity contribution is 5.95. The third-order valence-electron chi connectivity index (χ3n) is 2.98. The van der Waals surface area contributed by atoms with Crippen LogP contribution in [0.2, 0.25) is 0 Å². The first-order valence-electron chi connectivity index (χ1n) is 6.30. The van der Waals surface area contributed by atoms with Gasteiger partial charge in [0.25, 0.3) is 5.91 Å². The van der Waals surface area contributed by atoms with E-state index in [1.807, 2.05) is 30.3 Å². The van der Waals surface area contributed by atoms with Crippen molar-refractivity contribution in [3.63, 3.8) is 0 Å². The van der Waals surface area contributed by atoms with Gasteiger partial charge in [-0.05, 0) is 24.6 Å². The van der Waals surface area contributed by atoms with Crippen molar-refractivity contribution in [1.82, 2.24) is 9.88 Å². The molecule has 1 atom stereocenters. The van der Waals surface area contributed by atoms with Gasteiger partial charge in [-0.1, -0.05) is 30.3 Å². The van der Waals surface area contributed by atoms with E-state index >= 15 is 0 Å². The molecular formula is C15H16N2O3. The summed E-state index contributed by atoms with van der Waals surface area (Å²) >= 11 is 0. The highest BCUT2D eigenvalue weighted by Crippen LogP contribution is 2.08. The highest BCUT2D eigenvalue weighted by atomic mass is 16.4. The lowest BCUT2D eigenvalue weighted by atomic mass is 10.2. The number of benzene rings is 1. The molecule has 0 fully saturated rings. The topological polar surface area (TPSA) is 71.3 Å². The van der Waals surface area contributed by atoms with Crippen LogP contribution in [0.15, 0.2) is 48.7 Å². The van der Waals surface area contributed by atoms with Gasteiger partial charge in [-0.3, -0.25) is 9.59 Å². The molecule has 5 heteroatoms. The number of aromatic nitrogens is 1. The van der Waals surface area contributed by atoms with Crippen LogP contribution in [0.1, 0.15) is 23.0 Å². The van der Waals surface area contributed by atoms with E-state index in [0.29, 0.717) is 12.2 Å². The minimum atomic E-state index is -1.06. The molecular weight excluding hydrogens is 256 g/mol. The monoisotopic (exact) mass is 272 g/mol. The summed E-state index contributed by atoms with van der Waals surface area (Å²) in [4.78, 5) is 22.8. The molecule has 20 heavy (non-hydrogen) atoms. The predicted octanol–water partition coefficient (Wildman–Crippen LogP) is 1.74. The maximum absolute atomic E-state index is 12.0. The molecule has 1 aromatic heterocycles. The molecule has 0 radical (unpaired) electrons. The number of nitrogens with zero attached hydrogens (tertiary/aromatic N) is 1. The van der Waals surface area contributed by atoms with Crippen LogP contribution in [-0.4, -0.2) is 27.6 Å². The highest BCUT2D eigenvalue weighted by Gasteiger charge is 2.17. The van der Waals surface area contributed by atoms with Crippen molar-refractivity contribution in [1.29, 1.82) is 0 Å². The quantitative estimate of drug-likeness (QED) is 0.871. The van der Waals surface area contributed by atoms with E-state index < -0.39 is 12.0 Å². The molecule has 0 aliphatic heterocycles. The molecule has 2 N–H and O–H groups in total. The van der Waals surface area contributed by atoms with Gasteiger partial charge in [0.2, 0.25) is 0 Å². The Morgan fingerprint density at radius 3 is 2.55 bits per heavy atom. The largest absolute Gasteiger partial charge is 0.480 e. The number of nitrogens with one attached hydrogen (secondary N) is 1. The normalized spacial score (nSPS) is 11.8. The lowest BCUT2D eigenvalue weighted by molar-refractivity contribution is -0.138. The summed E-state index contributed by atoms with van der Waals surface area (Å²) in [5, 5.41) is 11.3. The molecule has 0 aliphatic rings. The number of carbonyl (C=O) groups is 2. The van der Waals surface area contributed by atoms with Crippen molar-refractivity contribution in [2.24, 2.45) is 0 Å². The fourth-order valence-electron chi connectivity index (χ4n) is 1.87. The lowest BCUT2D eigenvalue weighted by Gasteiger charge is -2.12. The summed E-state index contributed by atoms with van der Waals surface area (Å²) in [5.41, 5.74) is 1.52. The lowest BCUT2D eigenvalue weighted by Crippen LogP contribution is -2.39. The maximum atomic E-state index is 12.0. The van der Waals surface area contributed by atoms with Crippen molar-refractivity contribution in [3.05, 3.63) is 59.9 Å². The number of carboxylic acids is 1. The molecule has 0 saturated carbocycles. The second-order valence-corrected chi connectivity index (χ2v) is 4.54. The molecule has 0 saturated heterocycles. The van der Waals surface area contributed by atoms with E-state index in [9.17, 15) is 9.59 Å². The molecule has 1 aromatic carbocycles. The van der Waals surface area contributed by atoms with Crippen LogP contribution in [0.25, 0.3) is 0 Å². The Morgan fingerprint density at radius 2 is 1.90 bits per heavy atom. The van der Waals surface area contributed by atoms with Gasteiger partial charge in [-0.25, -0.2) is 0 Å². The second-order valence-electron chi connectivity index (χ2n) is 4.54. The third kappa shape index (κ3) is 3.26. The van der Waals surface area contributed by atoms with Gasteiger partial charge in [0.05, 0.1) is 0 Å². The number of amides is 1. The first-order valence-corrected chi connectivity index (χ1v) is 6.30. The molecule has 0 unspecified atom stereocenters. The number of hydrogen-bond donors (Lipinski definition) is 2. The van der Waals surface area contributed by atoms with Crippen LogP contribution in [0.5, 0.6) is 0 Å². The fraction of sp³-hybridized carbons (Fsp3) is 0.200. The first kappa shape index (κ1) is 13.9. The van der Waals surface area contributed by atoms with E-state index in [1.165, 1.54) is 6.92 Å². The van der Waals surface area contributed by atoms with Gasteiger partial charge in [0, 0.05) is 12.7 Å². The number of rotatable bonds is 5. The van der Waals surface area contributed by atoms with E-state index in [-0.39, 0.29) is 5.91 Å². The SMILES string of the molecule is C[C@@H](NC(=O)c1cccn1Cc1ccccc1)C(=O)O. The van der Waals surface area contributed by atoms with E-state index in [0.717, 1.165) is 5.56 Å². The zero-order valence-corrected chi connectivity index (χ0v) is 11.1. The number of aliphatic carboxylic acids is 1. The minimum Gasteiger partial charge on any atom is -0.480 e. The molecule has 0 bridgehead atoms. The van der Waals surface area contributed by atoms with E-state index in [4.69, 9.17) is 5.11 Å². The number of carbonyl (C=O) groups excluding carboxylic acids is 1. The average Bonchev–Trinajstić information content (AvgIpc) is 2.88. The summed E-state index contributed by atoms with van der Waals surface area (Å²) in [6, 6.07) is 12.3. The third-order valence-corrected chi connectivity index (χ3v) is 2.98. The average molecular weight is 272 g/mol. The van der Waals surface area contributed by atoms with Crippen molar-refractivity contribution in [2.45, 2.75) is 19.5 Å². The standard InChI is InChI=1S/C15H16N2O3/c1-11(15(19)20)16-14(18)13-8-5-9-17(13)10-12-6-3-2-4-7-12/h2-9,11H,10H2,1H3,(H,16,18)(H,19,20)/t11-/m1/s1. The molecule has 5 nitrogen and oxygen atoms in total. The minimum absolute atomic E-state index is 0.388. The van der Waals surface area contributed by atoms with E-state index in [1.54, 1.807) is 22.9 Å². The summed E-state index contributed by atoms with van der Waals surface area (Å²) in [6.45, 7) is 2.00. The smallest absolute Gasteiger partial charge is 0.325 e. The second kappa shape index (κ2) is 6.06. The summed E-state index contributed by atoms with van der Waals surface area (Å²) in [5.74, 6) is -1.44. The van der Waals surface area contributed by atoms with Crippen molar-refractivity contribution < 1.29 is 14.7 Å². The molecule has 2 aromatic rings. The van der Waals surface area contributed by atoms with Gasteiger partial charge in [0.15, 0.2) is 0 Å². The van der Waals surface area contributed by atoms with Crippen molar-refractivity contribution in [2.75, 3.05) is 0 Å². The molecule has 0 aliphatic carbocycles. The fourth-order valence-corrected chi connectivity index (χ4v) is 1.87. The van der Waals surface area contributed by atoms with Crippen LogP contribution >= 0.6 is 0 Å². The van der Waals surface area contributed by atoms with Crippen LogP contribution in [0.4, 0.5) is 0 Å². The Balaban J connectivity index is 2.12. The first-order chi connectivity index (χ1) is 9.58. The van der Waals surface area contributed by atoms with Gasteiger partial charge in [0.1, 0.15) is 11.7 Å². The van der Waals surface area contributed by atoms with Gasteiger partial charge < -0.3 is 15.0 Å². The zero-order valence-electron chi connectivity index (χ0n) is 11.1.